The number of methoxy groups -OCH3 is 1. The van der Waals surface area contributed by atoms with Gasteiger partial charge in [0.2, 0.25) is 0 Å². The van der Waals surface area contributed by atoms with E-state index in [9.17, 15) is 13.2 Å². The van der Waals surface area contributed by atoms with Crippen LogP contribution in [0.25, 0.3) is 10.2 Å². The Bertz CT molecular complexity index is 1370. The predicted molar refractivity (Wildman–Crippen MR) is 123 cm³/mol. The number of aromatic nitrogens is 1. The van der Waals surface area contributed by atoms with Crippen molar-refractivity contribution in [3.63, 3.8) is 0 Å². The first kappa shape index (κ1) is 20.8. The SMILES string of the molecule is COc1ccc(C)c2sc(NC(=O)c3ccccc3NS(=O)(=O)c3ccccc3)nc12. The molecule has 0 unspecified atom stereocenters. The molecule has 158 valence electrons. The minimum atomic E-state index is -3.84. The third-order valence-corrected chi connectivity index (χ3v) is 7.10. The molecule has 0 saturated heterocycles. The number of hydrogen-bond donors (Lipinski definition) is 2. The van der Waals surface area contributed by atoms with E-state index in [-0.39, 0.29) is 16.1 Å². The van der Waals surface area contributed by atoms with Gasteiger partial charge >= 0.3 is 0 Å². The highest BCUT2D eigenvalue weighted by Gasteiger charge is 2.20. The van der Waals surface area contributed by atoms with Crippen LogP contribution in [0.5, 0.6) is 5.75 Å². The summed E-state index contributed by atoms with van der Waals surface area (Å²) in [6.07, 6.45) is 0. The van der Waals surface area contributed by atoms with Crippen LogP contribution in [-0.2, 0) is 10.0 Å². The van der Waals surface area contributed by atoms with Crippen LogP contribution in [0.2, 0.25) is 0 Å². The molecule has 1 heterocycles. The Morgan fingerprint density at radius 3 is 2.45 bits per heavy atom. The number of anilines is 2. The largest absolute Gasteiger partial charge is 0.494 e. The van der Waals surface area contributed by atoms with Gasteiger partial charge in [-0.3, -0.25) is 14.8 Å². The molecule has 0 atom stereocenters. The molecule has 1 aromatic heterocycles. The lowest BCUT2D eigenvalue weighted by Gasteiger charge is -2.12. The lowest BCUT2D eigenvalue weighted by atomic mass is 10.2. The average Bonchev–Trinajstić information content (AvgIpc) is 3.19. The molecule has 0 aliphatic rings. The standard InChI is InChI=1S/C22H19N3O4S2/c1-14-12-13-18(29-2)19-20(14)30-22(23-19)24-21(26)16-10-6-7-11-17(16)25-31(27,28)15-8-4-3-5-9-15/h3-13,25H,1-2H3,(H,23,24,26). The van der Waals surface area contributed by atoms with E-state index in [0.717, 1.165) is 10.3 Å². The highest BCUT2D eigenvalue weighted by molar-refractivity contribution is 7.92. The summed E-state index contributed by atoms with van der Waals surface area (Å²) in [5, 5.41) is 3.17. The first-order valence-electron chi connectivity index (χ1n) is 9.31. The van der Waals surface area contributed by atoms with Gasteiger partial charge in [-0.1, -0.05) is 47.7 Å². The first-order valence-corrected chi connectivity index (χ1v) is 11.6. The molecule has 0 aliphatic carbocycles. The van der Waals surface area contributed by atoms with Crippen LogP contribution in [0.4, 0.5) is 10.8 Å². The summed E-state index contributed by atoms with van der Waals surface area (Å²) >= 11 is 1.33. The number of aryl methyl sites for hydroxylation is 1. The van der Waals surface area contributed by atoms with Gasteiger partial charge in [0.1, 0.15) is 11.3 Å². The number of sulfonamides is 1. The van der Waals surface area contributed by atoms with E-state index in [0.29, 0.717) is 16.4 Å². The summed E-state index contributed by atoms with van der Waals surface area (Å²) in [6.45, 7) is 1.96. The van der Waals surface area contributed by atoms with Crippen molar-refractivity contribution in [2.45, 2.75) is 11.8 Å². The second kappa shape index (κ2) is 8.37. The van der Waals surface area contributed by atoms with Crippen LogP contribution in [0.15, 0.2) is 71.6 Å². The van der Waals surface area contributed by atoms with Crippen molar-refractivity contribution in [3.05, 3.63) is 77.9 Å². The molecule has 0 bridgehead atoms. The molecule has 0 fully saturated rings. The van der Waals surface area contributed by atoms with E-state index in [4.69, 9.17) is 4.74 Å². The average molecular weight is 454 g/mol. The van der Waals surface area contributed by atoms with Crippen molar-refractivity contribution in [2.75, 3.05) is 17.1 Å². The summed E-state index contributed by atoms with van der Waals surface area (Å²) in [5.41, 5.74) is 2.05. The summed E-state index contributed by atoms with van der Waals surface area (Å²) in [7, 11) is -2.27. The Morgan fingerprint density at radius 2 is 1.71 bits per heavy atom. The van der Waals surface area contributed by atoms with Crippen molar-refractivity contribution >= 4 is 48.3 Å². The lowest BCUT2D eigenvalue weighted by Crippen LogP contribution is -2.18. The van der Waals surface area contributed by atoms with Gasteiger partial charge in [-0.25, -0.2) is 13.4 Å². The molecule has 4 rings (SSSR count). The van der Waals surface area contributed by atoms with Gasteiger partial charge in [0.15, 0.2) is 5.13 Å². The van der Waals surface area contributed by atoms with E-state index in [1.807, 2.05) is 19.1 Å². The van der Waals surface area contributed by atoms with Crippen molar-refractivity contribution in [1.82, 2.24) is 4.98 Å². The molecule has 4 aromatic rings. The zero-order valence-corrected chi connectivity index (χ0v) is 18.4. The second-order valence-corrected chi connectivity index (χ2v) is 9.38. The smallest absolute Gasteiger partial charge is 0.261 e. The number of fused-ring (bicyclic) bond motifs is 1. The number of carbonyl (C=O) groups excluding carboxylic acids is 1. The maximum absolute atomic E-state index is 13.0. The van der Waals surface area contributed by atoms with Crippen LogP contribution >= 0.6 is 11.3 Å². The zero-order chi connectivity index (χ0) is 22.0. The Kier molecular flexibility index (Phi) is 5.62. The fourth-order valence-corrected chi connectivity index (χ4v) is 5.11. The quantitative estimate of drug-likeness (QED) is 0.442. The van der Waals surface area contributed by atoms with Gasteiger partial charge in [0, 0.05) is 0 Å². The van der Waals surface area contributed by atoms with Crippen LogP contribution in [0.3, 0.4) is 0 Å². The Morgan fingerprint density at radius 1 is 1.00 bits per heavy atom. The summed E-state index contributed by atoms with van der Waals surface area (Å²) in [4.78, 5) is 17.6. The maximum atomic E-state index is 13.0. The molecule has 0 aliphatic heterocycles. The Hall–Kier alpha value is -3.43. The molecule has 7 nitrogen and oxygen atoms in total. The van der Waals surface area contributed by atoms with Crippen molar-refractivity contribution < 1.29 is 17.9 Å². The monoisotopic (exact) mass is 453 g/mol. The maximum Gasteiger partial charge on any atom is 0.261 e. The molecule has 1 amide bonds. The zero-order valence-electron chi connectivity index (χ0n) is 16.7. The summed E-state index contributed by atoms with van der Waals surface area (Å²) in [5.74, 6) is 0.149. The normalized spacial score (nSPS) is 11.3. The van der Waals surface area contributed by atoms with Crippen LogP contribution in [-0.4, -0.2) is 26.4 Å². The third-order valence-electron chi connectivity index (χ3n) is 4.61. The molecular weight excluding hydrogens is 434 g/mol. The van der Waals surface area contributed by atoms with Crippen molar-refractivity contribution in [1.29, 1.82) is 0 Å². The molecule has 2 N–H and O–H groups in total. The number of benzene rings is 3. The van der Waals surface area contributed by atoms with Gasteiger partial charge in [0.25, 0.3) is 15.9 Å². The van der Waals surface area contributed by atoms with Gasteiger partial charge in [-0.15, -0.1) is 0 Å². The topological polar surface area (TPSA) is 97.4 Å². The van der Waals surface area contributed by atoms with Crippen LogP contribution < -0.4 is 14.8 Å². The number of rotatable bonds is 6. The number of amides is 1. The fraction of sp³-hybridized carbons (Fsp3) is 0.0909. The van der Waals surface area contributed by atoms with Gasteiger partial charge in [-0.05, 0) is 42.8 Å². The highest BCUT2D eigenvalue weighted by Crippen LogP contribution is 2.35. The molecule has 3 aromatic carbocycles. The predicted octanol–water partition coefficient (Wildman–Crippen LogP) is 4.67. The molecule has 0 radical (unpaired) electrons. The molecule has 31 heavy (non-hydrogen) atoms. The van der Waals surface area contributed by atoms with E-state index in [1.54, 1.807) is 49.6 Å². The van der Waals surface area contributed by atoms with Gasteiger partial charge < -0.3 is 4.74 Å². The number of carbonyl (C=O) groups is 1. The number of para-hydroxylation sites is 1. The summed E-state index contributed by atoms with van der Waals surface area (Å²) in [6, 6.07) is 18.2. The van der Waals surface area contributed by atoms with Gasteiger partial charge in [-0.2, -0.15) is 0 Å². The van der Waals surface area contributed by atoms with Gasteiger partial charge in [0.05, 0.1) is 28.0 Å². The first-order chi connectivity index (χ1) is 14.9. The summed E-state index contributed by atoms with van der Waals surface area (Å²) < 4.78 is 34.2. The van der Waals surface area contributed by atoms with Crippen LogP contribution in [0, 0.1) is 6.92 Å². The van der Waals surface area contributed by atoms with Crippen molar-refractivity contribution in [2.24, 2.45) is 0 Å². The molecule has 9 heteroatoms. The molecule has 0 saturated carbocycles. The highest BCUT2D eigenvalue weighted by atomic mass is 32.2. The Labute approximate surface area is 183 Å². The minimum absolute atomic E-state index is 0.110. The number of nitrogens with one attached hydrogen (secondary N) is 2. The van der Waals surface area contributed by atoms with E-state index in [1.165, 1.54) is 23.5 Å². The third kappa shape index (κ3) is 4.23. The fourth-order valence-electron chi connectivity index (χ4n) is 3.07. The van der Waals surface area contributed by atoms with E-state index in [2.05, 4.69) is 15.0 Å². The molecular formula is C22H19N3O4S2. The second-order valence-electron chi connectivity index (χ2n) is 6.70. The lowest BCUT2D eigenvalue weighted by molar-refractivity contribution is 0.102. The number of thiazole rings is 1. The van der Waals surface area contributed by atoms with E-state index < -0.39 is 15.9 Å². The minimum Gasteiger partial charge on any atom is -0.494 e. The Balaban J connectivity index is 1.63. The number of ether oxygens (including phenoxy) is 1. The van der Waals surface area contributed by atoms with Crippen LogP contribution in [0.1, 0.15) is 15.9 Å². The van der Waals surface area contributed by atoms with E-state index >= 15 is 0 Å². The number of hydrogen-bond acceptors (Lipinski definition) is 6. The number of nitrogens with zero attached hydrogens (tertiary/aromatic N) is 1. The molecule has 0 spiro atoms. The van der Waals surface area contributed by atoms with Crippen molar-refractivity contribution in [3.8, 4) is 5.75 Å².